The molecule has 3 nitrogen and oxygen atoms in total. The molecule has 0 aliphatic carbocycles. The van der Waals surface area contributed by atoms with Crippen molar-refractivity contribution in [3.63, 3.8) is 0 Å². The predicted octanol–water partition coefficient (Wildman–Crippen LogP) is 8.92. The van der Waals surface area contributed by atoms with Crippen molar-refractivity contribution >= 4 is 62.0 Å². The van der Waals surface area contributed by atoms with Crippen LogP contribution in [0.3, 0.4) is 0 Å². The molecule has 7 rings (SSSR count). The Morgan fingerprint density at radius 1 is 0.500 bits per heavy atom. The van der Waals surface area contributed by atoms with E-state index in [2.05, 4.69) is 154 Å². The third-order valence-electron chi connectivity index (χ3n) is 8.66. The van der Waals surface area contributed by atoms with E-state index in [0.29, 0.717) is 0 Å². The molecule has 4 heteroatoms. The molecule has 0 aromatic heterocycles. The molecule has 0 amide bonds. The molecular weight excluding hydrogens is 489 g/mol. The summed E-state index contributed by atoms with van der Waals surface area (Å²) in [5.41, 5.74) is 3.59. The molecule has 1 fully saturated rings. The van der Waals surface area contributed by atoms with Crippen LogP contribution < -0.4 is 10.4 Å². The molecule has 0 unspecified atom stereocenters. The molecule has 0 saturated carbocycles. The van der Waals surface area contributed by atoms with Gasteiger partial charge in [-0.05, 0) is 102 Å². The van der Waals surface area contributed by atoms with Gasteiger partial charge in [0.2, 0.25) is 0 Å². The van der Waals surface area contributed by atoms with E-state index in [4.69, 9.17) is 9.31 Å². The van der Waals surface area contributed by atoms with Crippen LogP contribution in [-0.4, -0.2) is 18.3 Å². The Labute approximate surface area is 236 Å². The first kappa shape index (κ1) is 24.9. The minimum absolute atomic E-state index is 0.368. The van der Waals surface area contributed by atoms with Gasteiger partial charge in [0.1, 0.15) is 0 Å². The topological polar surface area (TPSA) is 21.7 Å². The van der Waals surface area contributed by atoms with Crippen LogP contribution in [0.2, 0.25) is 0 Å². The van der Waals surface area contributed by atoms with Crippen molar-refractivity contribution in [1.82, 2.24) is 0 Å². The lowest BCUT2D eigenvalue weighted by molar-refractivity contribution is 0.00578. The molecule has 6 aromatic carbocycles. The second kappa shape index (κ2) is 9.23. The molecule has 0 radical (unpaired) electrons. The van der Waals surface area contributed by atoms with Crippen LogP contribution in [0.4, 0.5) is 17.1 Å². The SMILES string of the molecule is CC1(C)OB(c2ccc(N(c3ccccc3)c3ccc4c(ccc5ccc6ccccc6c54)c3)cc2)OC1(C)C. The van der Waals surface area contributed by atoms with E-state index in [9.17, 15) is 0 Å². The maximum Gasteiger partial charge on any atom is 0.494 e. The zero-order valence-corrected chi connectivity index (χ0v) is 23.4. The molecule has 1 aliphatic rings. The molecule has 196 valence electrons. The lowest BCUT2D eigenvalue weighted by atomic mass is 9.79. The van der Waals surface area contributed by atoms with E-state index in [-0.39, 0.29) is 18.3 Å². The van der Waals surface area contributed by atoms with Gasteiger partial charge in [0, 0.05) is 17.1 Å². The summed E-state index contributed by atoms with van der Waals surface area (Å²) in [6.45, 7) is 8.35. The molecule has 40 heavy (non-hydrogen) atoms. The van der Waals surface area contributed by atoms with Crippen molar-refractivity contribution in [3.05, 3.63) is 121 Å². The number of para-hydroxylation sites is 1. The number of anilines is 3. The zero-order valence-electron chi connectivity index (χ0n) is 23.4. The van der Waals surface area contributed by atoms with Gasteiger partial charge >= 0.3 is 7.12 Å². The summed E-state index contributed by atoms with van der Waals surface area (Å²) in [6, 6.07) is 43.4. The van der Waals surface area contributed by atoms with Crippen molar-refractivity contribution in [2.75, 3.05) is 4.90 Å². The van der Waals surface area contributed by atoms with Crippen molar-refractivity contribution < 1.29 is 9.31 Å². The average molecular weight is 521 g/mol. The molecule has 6 aromatic rings. The van der Waals surface area contributed by atoms with E-state index >= 15 is 0 Å². The maximum atomic E-state index is 6.30. The highest BCUT2D eigenvalue weighted by Crippen LogP contribution is 2.39. The Morgan fingerprint density at radius 2 is 1.05 bits per heavy atom. The fourth-order valence-corrected chi connectivity index (χ4v) is 5.75. The molecule has 1 saturated heterocycles. The molecule has 0 atom stereocenters. The quantitative estimate of drug-likeness (QED) is 0.171. The van der Waals surface area contributed by atoms with Crippen molar-refractivity contribution in [2.24, 2.45) is 0 Å². The fraction of sp³-hybridized carbons (Fsp3) is 0.167. The van der Waals surface area contributed by atoms with Gasteiger partial charge < -0.3 is 14.2 Å². The standard InChI is InChI=1S/C36H32BNO2/c1-35(2)36(3,4)40-37(39-35)28-18-20-30(21-19-28)38(29-11-6-5-7-12-29)31-22-23-33-27(24-31)17-16-26-15-14-25-10-8-9-13-32(25)34(26)33/h5-24H,1-4H3. The second-order valence-corrected chi connectivity index (χ2v) is 11.7. The van der Waals surface area contributed by atoms with Crippen LogP contribution in [-0.2, 0) is 9.31 Å². The van der Waals surface area contributed by atoms with Gasteiger partial charge in [0.15, 0.2) is 0 Å². The third kappa shape index (κ3) is 4.07. The molecule has 1 aliphatic heterocycles. The highest BCUT2D eigenvalue weighted by molar-refractivity contribution is 6.62. The Hall–Kier alpha value is -4.12. The number of benzene rings is 6. The highest BCUT2D eigenvalue weighted by atomic mass is 16.7. The van der Waals surface area contributed by atoms with Gasteiger partial charge in [-0.3, -0.25) is 0 Å². The van der Waals surface area contributed by atoms with Crippen molar-refractivity contribution in [3.8, 4) is 0 Å². The second-order valence-electron chi connectivity index (χ2n) is 11.7. The number of rotatable bonds is 4. The average Bonchev–Trinajstić information content (AvgIpc) is 3.20. The van der Waals surface area contributed by atoms with Crippen molar-refractivity contribution in [2.45, 2.75) is 38.9 Å². The molecule has 1 heterocycles. The van der Waals surface area contributed by atoms with Crippen LogP contribution in [0.25, 0.3) is 32.3 Å². The normalized spacial score (nSPS) is 16.1. The number of hydrogen-bond donors (Lipinski definition) is 0. The van der Waals surface area contributed by atoms with Crippen LogP contribution in [0.5, 0.6) is 0 Å². The van der Waals surface area contributed by atoms with Gasteiger partial charge in [-0.2, -0.15) is 0 Å². The summed E-state index contributed by atoms with van der Waals surface area (Å²) in [5, 5.41) is 7.60. The first-order valence-electron chi connectivity index (χ1n) is 14.0. The predicted molar refractivity (Wildman–Crippen MR) is 169 cm³/mol. The first-order valence-corrected chi connectivity index (χ1v) is 14.0. The van der Waals surface area contributed by atoms with E-state index in [0.717, 1.165) is 22.5 Å². The Balaban J connectivity index is 1.32. The molecule has 0 N–H and O–H groups in total. The third-order valence-corrected chi connectivity index (χ3v) is 8.66. The van der Waals surface area contributed by atoms with E-state index in [1.165, 1.54) is 32.3 Å². The first-order chi connectivity index (χ1) is 19.3. The van der Waals surface area contributed by atoms with Gasteiger partial charge in [0.05, 0.1) is 11.2 Å². The van der Waals surface area contributed by atoms with Crippen LogP contribution in [0.1, 0.15) is 27.7 Å². The monoisotopic (exact) mass is 521 g/mol. The smallest absolute Gasteiger partial charge is 0.399 e. The van der Waals surface area contributed by atoms with Crippen LogP contribution in [0, 0.1) is 0 Å². The fourth-order valence-electron chi connectivity index (χ4n) is 5.75. The van der Waals surface area contributed by atoms with Gasteiger partial charge in [-0.1, -0.05) is 84.9 Å². The summed E-state index contributed by atoms with van der Waals surface area (Å²) in [5.74, 6) is 0. The summed E-state index contributed by atoms with van der Waals surface area (Å²) in [6.07, 6.45) is 0. The van der Waals surface area contributed by atoms with E-state index < -0.39 is 0 Å². The lowest BCUT2D eigenvalue weighted by Crippen LogP contribution is -2.41. The summed E-state index contributed by atoms with van der Waals surface area (Å²) < 4.78 is 12.6. The molecule has 0 spiro atoms. The number of fused-ring (bicyclic) bond motifs is 5. The number of nitrogens with zero attached hydrogens (tertiary/aromatic N) is 1. The zero-order chi connectivity index (χ0) is 27.5. The molecular formula is C36H32BNO2. The largest absolute Gasteiger partial charge is 0.494 e. The van der Waals surface area contributed by atoms with Gasteiger partial charge in [-0.25, -0.2) is 0 Å². The maximum absolute atomic E-state index is 6.30. The summed E-state index contributed by atoms with van der Waals surface area (Å²) >= 11 is 0. The van der Waals surface area contributed by atoms with Crippen LogP contribution in [0.15, 0.2) is 121 Å². The van der Waals surface area contributed by atoms with E-state index in [1.54, 1.807) is 0 Å². The molecule has 0 bridgehead atoms. The Morgan fingerprint density at radius 3 is 1.77 bits per heavy atom. The minimum atomic E-state index is -0.381. The van der Waals surface area contributed by atoms with E-state index in [1.807, 2.05) is 0 Å². The summed E-state index contributed by atoms with van der Waals surface area (Å²) in [7, 11) is -0.381. The van der Waals surface area contributed by atoms with Gasteiger partial charge in [-0.15, -0.1) is 0 Å². The highest BCUT2D eigenvalue weighted by Gasteiger charge is 2.51. The Kier molecular flexibility index (Phi) is 5.74. The number of hydrogen-bond acceptors (Lipinski definition) is 3. The minimum Gasteiger partial charge on any atom is -0.399 e. The Bertz CT molecular complexity index is 1850. The summed E-state index contributed by atoms with van der Waals surface area (Å²) in [4.78, 5) is 2.31. The van der Waals surface area contributed by atoms with Crippen LogP contribution >= 0.6 is 0 Å². The lowest BCUT2D eigenvalue weighted by Gasteiger charge is -2.32. The van der Waals surface area contributed by atoms with Crippen molar-refractivity contribution in [1.29, 1.82) is 0 Å². The van der Waals surface area contributed by atoms with Gasteiger partial charge in [0.25, 0.3) is 0 Å².